The van der Waals surface area contributed by atoms with Crippen LogP contribution in [0, 0.1) is 0 Å². The third-order valence-electron chi connectivity index (χ3n) is 3.20. The summed E-state index contributed by atoms with van der Waals surface area (Å²) in [5.74, 6) is 1.83. The van der Waals surface area contributed by atoms with Gasteiger partial charge < -0.3 is 15.0 Å². The smallest absolute Gasteiger partial charge is 0.260 e. The number of methoxy groups -OCH3 is 1. The number of aromatic nitrogens is 2. The van der Waals surface area contributed by atoms with Crippen LogP contribution < -0.4 is 10.5 Å². The molecule has 0 saturated heterocycles. The van der Waals surface area contributed by atoms with Crippen LogP contribution in [0.5, 0.6) is 5.75 Å². The van der Waals surface area contributed by atoms with E-state index in [-0.39, 0.29) is 0 Å². The van der Waals surface area contributed by atoms with E-state index in [0.29, 0.717) is 23.8 Å². The number of nitrogens with zero attached hydrogens (tertiary/aromatic N) is 2. The second kappa shape index (κ2) is 5.66. The zero-order chi connectivity index (χ0) is 14.7. The molecule has 0 bridgehead atoms. The second-order valence-corrected chi connectivity index (χ2v) is 4.59. The Kier molecular flexibility index (Phi) is 3.55. The average Bonchev–Trinajstić information content (AvgIpc) is 2.96. The predicted octanol–water partition coefficient (Wildman–Crippen LogP) is 2.92. The lowest BCUT2D eigenvalue weighted by molar-refractivity contribution is 0.408. The van der Waals surface area contributed by atoms with Crippen molar-refractivity contribution in [1.82, 2.24) is 10.1 Å². The zero-order valence-corrected chi connectivity index (χ0v) is 11.6. The molecule has 21 heavy (non-hydrogen) atoms. The molecule has 1 aromatic heterocycles. The molecule has 0 amide bonds. The van der Waals surface area contributed by atoms with Crippen LogP contribution in [0.15, 0.2) is 53.1 Å². The molecule has 3 aromatic rings. The number of hydrogen-bond acceptors (Lipinski definition) is 5. The lowest BCUT2D eigenvalue weighted by Gasteiger charge is -2.05. The van der Waals surface area contributed by atoms with E-state index in [9.17, 15) is 0 Å². The number of nitrogens with two attached hydrogens (primary N) is 1. The topological polar surface area (TPSA) is 74.2 Å². The van der Waals surface area contributed by atoms with Crippen molar-refractivity contribution >= 4 is 5.69 Å². The number of rotatable bonds is 4. The molecular formula is C16H15N3O2. The van der Waals surface area contributed by atoms with Crippen molar-refractivity contribution in [2.24, 2.45) is 0 Å². The standard InChI is InChI=1S/C16H15N3O2/c1-20-14-9-5-2-6-11(14)10-15-18-16(21-19-15)12-7-3-4-8-13(12)17/h2-9H,10,17H2,1H3. The van der Waals surface area contributed by atoms with Gasteiger partial charge in [0.15, 0.2) is 5.82 Å². The summed E-state index contributed by atoms with van der Waals surface area (Å²) >= 11 is 0. The zero-order valence-electron chi connectivity index (χ0n) is 11.6. The minimum Gasteiger partial charge on any atom is -0.496 e. The maximum Gasteiger partial charge on any atom is 0.260 e. The molecule has 5 nitrogen and oxygen atoms in total. The van der Waals surface area contributed by atoms with E-state index in [1.165, 1.54) is 0 Å². The van der Waals surface area contributed by atoms with Gasteiger partial charge in [-0.25, -0.2) is 0 Å². The molecule has 2 aromatic carbocycles. The van der Waals surface area contributed by atoms with Crippen LogP contribution in [0.25, 0.3) is 11.5 Å². The molecule has 0 atom stereocenters. The molecule has 0 unspecified atom stereocenters. The van der Waals surface area contributed by atoms with Gasteiger partial charge in [0.2, 0.25) is 0 Å². The Labute approximate surface area is 122 Å². The van der Waals surface area contributed by atoms with Gasteiger partial charge in [0.25, 0.3) is 5.89 Å². The Balaban J connectivity index is 1.87. The number of anilines is 1. The van der Waals surface area contributed by atoms with E-state index in [1.54, 1.807) is 13.2 Å². The fourth-order valence-electron chi connectivity index (χ4n) is 2.15. The molecule has 3 rings (SSSR count). The van der Waals surface area contributed by atoms with Gasteiger partial charge in [-0.15, -0.1) is 0 Å². The van der Waals surface area contributed by atoms with Gasteiger partial charge in [-0.2, -0.15) is 4.98 Å². The number of nitrogen functional groups attached to an aromatic ring is 1. The maximum atomic E-state index is 5.91. The molecule has 106 valence electrons. The predicted molar refractivity (Wildman–Crippen MR) is 79.9 cm³/mol. The molecule has 0 spiro atoms. The van der Waals surface area contributed by atoms with Crippen LogP contribution in [0.2, 0.25) is 0 Å². The Hall–Kier alpha value is -2.82. The van der Waals surface area contributed by atoms with Gasteiger partial charge in [0.1, 0.15) is 5.75 Å². The SMILES string of the molecule is COc1ccccc1Cc1noc(-c2ccccc2N)n1. The summed E-state index contributed by atoms with van der Waals surface area (Å²) in [4.78, 5) is 4.40. The Morgan fingerprint density at radius 3 is 2.67 bits per heavy atom. The highest BCUT2D eigenvalue weighted by Gasteiger charge is 2.13. The van der Waals surface area contributed by atoms with Crippen molar-refractivity contribution in [1.29, 1.82) is 0 Å². The Bertz CT molecular complexity index is 753. The van der Waals surface area contributed by atoms with E-state index >= 15 is 0 Å². The fourth-order valence-corrected chi connectivity index (χ4v) is 2.15. The highest BCUT2D eigenvalue weighted by Crippen LogP contribution is 2.25. The molecule has 2 N–H and O–H groups in total. The molecule has 1 heterocycles. The first-order valence-electron chi connectivity index (χ1n) is 6.57. The van der Waals surface area contributed by atoms with Crippen molar-refractivity contribution < 1.29 is 9.26 Å². The van der Waals surface area contributed by atoms with Crippen molar-refractivity contribution in [3.63, 3.8) is 0 Å². The van der Waals surface area contributed by atoms with Crippen LogP contribution in [0.3, 0.4) is 0 Å². The highest BCUT2D eigenvalue weighted by atomic mass is 16.5. The maximum absolute atomic E-state index is 5.91. The van der Waals surface area contributed by atoms with Crippen LogP contribution in [0.4, 0.5) is 5.69 Å². The van der Waals surface area contributed by atoms with Crippen LogP contribution in [0.1, 0.15) is 11.4 Å². The lowest BCUT2D eigenvalue weighted by Crippen LogP contribution is -1.95. The number of hydrogen-bond donors (Lipinski definition) is 1. The van der Waals surface area contributed by atoms with E-state index in [1.807, 2.05) is 42.5 Å². The first-order chi connectivity index (χ1) is 10.3. The van der Waals surface area contributed by atoms with E-state index in [0.717, 1.165) is 16.9 Å². The van der Waals surface area contributed by atoms with Crippen LogP contribution in [-0.4, -0.2) is 17.3 Å². The first kappa shape index (κ1) is 13.2. The van der Waals surface area contributed by atoms with Gasteiger partial charge in [0.05, 0.1) is 12.7 Å². The van der Waals surface area contributed by atoms with E-state index < -0.39 is 0 Å². The third-order valence-corrected chi connectivity index (χ3v) is 3.20. The quantitative estimate of drug-likeness (QED) is 0.744. The summed E-state index contributed by atoms with van der Waals surface area (Å²) in [5, 5.41) is 4.01. The fraction of sp³-hybridized carbons (Fsp3) is 0.125. The van der Waals surface area contributed by atoms with Gasteiger partial charge in [-0.3, -0.25) is 0 Å². The monoisotopic (exact) mass is 281 g/mol. The van der Waals surface area contributed by atoms with E-state index in [2.05, 4.69) is 10.1 Å². The molecular weight excluding hydrogens is 266 g/mol. The first-order valence-corrected chi connectivity index (χ1v) is 6.57. The lowest BCUT2D eigenvalue weighted by atomic mass is 10.1. The molecule has 0 saturated carbocycles. The summed E-state index contributed by atoms with van der Waals surface area (Å²) in [5.41, 5.74) is 8.28. The normalized spacial score (nSPS) is 10.5. The minimum atomic E-state index is 0.429. The largest absolute Gasteiger partial charge is 0.496 e. The second-order valence-electron chi connectivity index (χ2n) is 4.59. The van der Waals surface area contributed by atoms with Gasteiger partial charge in [0, 0.05) is 17.7 Å². The van der Waals surface area contributed by atoms with Crippen LogP contribution >= 0.6 is 0 Å². The van der Waals surface area contributed by atoms with Crippen molar-refractivity contribution in [3.8, 4) is 17.2 Å². The van der Waals surface area contributed by atoms with Gasteiger partial charge in [-0.05, 0) is 18.2 Å². The molecule has 0 aliphatic heterocycles. The minimum absolute atomic E-state index is 0.429. The summed E-state index contributed by atoms with van der Waals surface area (Å²) < 4.78 is 10.6. The Morgan fingerprint density at radius 2 is 1.86 bits per heavy atom. The summed E-state index contributed by atoms with van der Waals surface area (Å²) in [7, 11) is 1.64. The summed E-state index contributed by atoms with van der Waals surface area (Å²) in [6.45, 7) is 0. The Morgan fingerprint density at radius 1 is 1.10 bits per heavy atom. The molecule has 5 heteroatoms. The average molecular weight is 281 g/mol. The van der Waals surface area contributed by atoms with Crippen molar-refractivity contribution in [3.05, 3.63) is 59.9 Å². The molecule has 0 fully saturated rings. The molecule has 0 radical (unpaired) electrons. The highest BCUT2D eigenvalue weighted by molar-refractivity contribution is 5.69. The van der Waals surface area contributed by atoms with Gasteiger partial charge in [-0.1, -0.05) is 35.5 Å². The van der Waals surface area contributed by atoms with Crippen LogP contribution in [-0.2, 0) is 6.42 Å². The van der Waals surface area contributed by atoms with Crippen molar-refractivity contribution in [2.45, 2.75) is 6.42 Å². The molecule has 0 aliphatic carbocycles. The van der Waals surface area contributed by atoms with Crippen molar-refractivity contribution in [2.75, 3.05) is 12.8 Å². The number of ether oxygens (including phenoxy) is 1. The van der Waals surface area contributed by atoms with E-state index in [4.69, 9.17) is 15.0 Å². The summed E-state index contributed by atoms with van der Waals surface area (Å²) in [6.07, 6.45) is 0.542. The third kappa shape index (κ3) is 2.72. The summed E-state index contributed by atoms with van der Waals surface area (Å²) in [6, 6.07) is 15.2. The molecule has 0 aliphatic rings. The number of para-hydroxylation sites is 2. The number of benzene rings is 2. The van der Waals surface area contributed by atoms with Gasteiger partial charge >= 0.3 is 0 Å².